The van der Waals surface area contributed by atoms with Gasteiger partial charge in [0, 0.05) is 17.8 Å². The number of nitrogens with zero attached hydrogens (tertiary/aromatic N) is 1. The van der Waals surface area contributed by atoms with Crippen LogP contribution < -0.4 is 19.7 Å². The summed E-state index contributed by atoms with van der Waals surface area (Å²) in [5.41, 5.74) is 2.05. The first kappa shape index (κ1) is 15.3. The van der Waals surface area contributed by atoms with Crippen LogP contribution in [0.2, 0.25) is 0 Å². The van der Waals surface area contributed by atoms with E-state index in [-0.39, 0.29) is 12.7 Å². The highest BCUT2D eigenvalue weighted by Gasteiger charge is 2.24. The highest BCUT2D eigenvalue weighted by atomic mass is 16.7. The lowest BCUT2D eigenvalue weighted by atomic mass is 10.1. The van der Waals surface area contributed by atoms with Gasteiger partial charge in [0.15, 0.2) is 11.5 Å². The summed E-state index contributed by atoms with van der Waals surface area (Å²) in [7, 11) is 0. The Morgan fingerprint density at radius 1 is 1.08 bits per heavy atom. The lowest BCUT2D eigenvalue weighted by molar-refractivity contribution is 0.0950. The molecule has 2 heterocycles. The summed E-state index contributed by atoms with van der Waals surface area (Å²) in [6, 6.07) is 12.5. The van der Waals surface area contributed by atoms with Crippen LogP contribution in [0.5, 0.6) is 11.5 Å². The second-order valence-electron chi connectivity index (χ2n) is 5.69. The van der Waals surface area contributed by atoms with E-state index in [1.165, 1.54) is 4.90 Å². The summed E-state index contributed by atoms with van der Waals surface area (Å²) in [5.74, 6) is 1.17. The lowest BCUT2D eigenvalue weighted by Gasteiger charge is -2.14. The fraction of sp³-hybridized carbons (Fsp3) is 0.222. The number of rotatable bonds is 4. The van der Waals surface area contributed by atoms with Crippen LogP contribution in [0.25, 0.3) is 0 Å². The van der Waals surface area contributed by atoms with Gasteiger partial charge in [0.05, 0.1) is 6.54 Å². The molecule has 2 aliphatic heterocycles. The fourth-order valence-corrected chi connectivity index (χ4v) is 2.78. The van der Waals surface area contributed by atoms with Crippen molar-refractivity contribution in [2.45, 2.75) is 6.54 Å². The molecule has 25 heavy (non-hydrogen) atoms. The summed E-state index contributed by atoms with van der Waals surface area (Å²) < 4.78 is 15.5. The molecule has 0 atom stereocenters. The molecular weight excluding hydrogens is 324 g/mol. The molecule has 1 fully saturated rings. The predicted molar refractivity (Wildman–Crippen MR) is 88.9 cm³/mol. The van der Waals surface area contributed by atoms with Crippen molar-refractivity contribution in [3.8, 4) is 11.5 Å². The molecule has 4 rings (SSSR count). The number of carbonyl (C=O) groups excluding carboxylic acids is 2. The topological polar surface area (TPSA) is 77.1 Å². The van der Waals surface area contributed by atoms with Crippen molar-refractivity contribution in [1.29, 1.82) is 0 Å². The van der Waals surface area contributed by atoms with Crippen molar-refractivity contribution in [1.82, 2.24) is 5.32 Å². The SMILES string of the molecule is O=C(NCc1ccc2c(c1)OCO2)c1cccc(N2CCOC2=O)c1. The van der Waals surface area contributed by atoms with Crippen LogP contribution in [0.15, 0.2) is 42.5 Å². The molecule has 2 aromatic carbocycles. The zero-order valence-corrected chi connectivity index (χ0v) is 13.4. The van der Waals surface area contributed by atoms with Crippen LogP contribution in [0.1, 0.15) is 15.9 Å². The first-order chi connectivity index (χ1) is 12.2. The molecule has 0 bridgehead atoms. The number of carbonyl (C=O) groups is 2. The van der Waals surface area contributed by atoms with Gasteiger partial charge in [-0.25, -0.2) is 4.79 Å². The zero-order valence-electron chi connectivity index (χ0n) is 13.4. The van der Waals surface area contributed by atoms with Crippen molar-refractivity contribution in [2.24, 2.45) is 0 Å². The van der Waals surface area contributed by atoms with Gasteiger partial charge < -0.3 is 19.5 Å². The van der Waals surface area contributed by atoms with Crippen molar-refractivity contribution >= 4 is 17.7 Å². The summed E-state index contributed by atoms with van der Waals surface area (Å²) >= 11 is 0. The molecule has 0 unspecified atom stereocenters. The molecule has 0 saturated carbocycles. The average Bonchev–Trinajstić information content (AvgIpc) is 3.27. The molecule has 0 aromatic heterocycles. The maximum absolute atomic E-state index is 12.4. The van der Waals surface area contributed by atoms with Gasteiger partial charge in [-0.15, -0.1) is 0 Å². The van der Waals surface area contributed by atoms with Gasteiger partial charge in [0.2, 0.25) is 6.79 Å². The van der Waals surface area contributed by atoms with E-state index in [9.17, 15) is 9.59 Å². The predicted octanol–water partition coefficient (Wildman–Crippen LogP) is 2.30. The van der Waals surface area contributed by atoms with Gasteiger partial charge in [0.1, 0.15) is 6.61 Å². The van der Waals surface area contributed by atoms with Gasteiger partial charge in [-0.1, -0.05) is 12.1 Å². The Labute approximate surface area is 144 Å². The molecule has 7 nitrogen and oxygen atoms in total. The minimum Gasteiger partial charge on any atom is -0.454 e. The van der Waals surface area contributed by atoms with Crippen LogP contribution in [0, 0.1) is 0 Å². The number of hydrogen-bond acceptors (Lipinski definition) is 5. The molecule has 1 saturated heterocycles. The van der Waals surface area contributed by atoms with Gasteiger partial charge in [-0.05, 0) is 35.9 Å². The quantitative estimate of drug-likeness (QED) is 0.924. The van der Waals surface area contributed by atoms with Crippen molar-refractivity contribution in [3.05, 3.63) is 53.6 Å². The number of benzene rings is 2. The summed E-state index contributed by atoms with van der Waals surface area (Å²) in [4.78, 5) is 25.5. The summed E-state index contributed by atoms with van der Waals surface area (Å²) in [6.07, 6.45) is -0.391. The monoisotopic (exact) mass is 340 g/mol. The van der Waals surface area contributed by atoms with E-state index in [0.717, 1.165) is 5.56 Å². The number of anilines is 1. The molecule has 2 amide bonds. The van der Waals surface area contributed by atoms with Crippen LogP contribution >= 0.6 is 0 Å². The van der Waals surface area contributed by atoms with E-state index in [1.807, 2.05) is 18.2 Å². The number of nitrogens with one attached hydrogen (secondary N) is 1. The third-order valence-corrected chi connectivity index (χ3v) is 4.07. The molecule has 0 aliphatic carbocycles. The Morgan fingerprint density at radius 2 is 1.96 bits per heavy atom. The van der Waals surface area contributed by atoms with Crippen molar-refractivity contribution < 1.29 is 23.8 Å². The molecule has 2 aliphatic rings. The van der Waals surface area contributed by atoms with Crippen molar-refractivity contribution in [2.75, 3.05) is 24.8 Å². The number of hydrogen-bond donors (Lipinski definition) is 1. The van der Waals surface area contributed by atoms with Gasteiger partial charge in [0.25, 0.3) is 5.91 Å². The Hall–Kier alpha value is -3.22. The largest absolute Gasteiger partial charge is 0.454 e. The molecule has 0 spiro atoms. The number of amides is 2. The lowest BCUT2D eigenvalue weighted by Crippen LogP contribution is -2.25. The second-order valence-corrected chi connectivity index (χ2v) is 5.69. The van der Waals surface area contributed by atoms with E-state index < -0.39 is 6.09 Å². The molecular formula is C18H16N2O5. The Kier molecular flexibility index (Phi) is 3.89. The maximum Gasteiger partial charge on any atom is 0.414 e. The normalized spacial score (nSPS) is 15.2. The Bertz CT molecular complexity index is 836. The second kappa shape index (κ2) is 6.35. The van der Waals surface area contributed by atoms with Gasteiger partial charge >= 0.3 is 6.09 Å². The first-order valence-electron chi connectivity index (χ1n) is 7.92. The molecule has 1 N–H and O–H groups in total. The maximum atomic E-state index is 12.4. The van der Waals surface area contributed by atoms with E-state index in [2.05, 4.69) is 5.32 Å². The molecule has 128 valence electrons. The van der Waals surface area contributed by atoms with E-state index >= 15 is 0 Å². The smallest absolute Gasteiger partial charge is 0.414 e. The highest BCUT2D eigenvalue weighted by molar-refractivity contribution is 5.97. The standard InChI is InChI=1S/C18H16N2O5/c21-17(19-10-12-4-5-15-16(8-12)25-11-24-15)13-2-1-3-14(9-13)20-6-7-23-18(20)22/h1-5,8-9H,6-7,10-11H2,(H,19,21). The fourth-order valence-electron chi connectivity index (χ4n) is 2.78. The summed E-state index contributed by atoms with van der Waals surface area (Å²) in [5, 5.41) is 2.87. The van der Waals surface area contributed by atoms with E-state index in [1.54, 1.807) is 24.3 Å². The van der Waals surface area contributed by atoms with Crippen LogP contribution in [-0.4, -0.2) is 31.9 Å². The van der Waals surface area contributed by atoms with Crippen LogP contribution in [0.4, 0.5) is 10.5 Å². The minimum atomic E-state index is -0.391. The number of fused-ring (bicyclic) bond motifs is 1. The first-order valence-corrected chi connectivity index (χ1v) is 7.92. The van der Waals surface area contributed by atoms with Crippen molar-refractivity contribution in [3.63, 3.8) is 0 Å². The Balaban J connectivity index is 1.43. The average molecular weight is 340 g/mol. The van der Waals surface area contributed by atoms with Crippen LogP contribution in [0.3, 0.4) is 0 Å². The van der Waals surface area contributed by atoms with Gasteiger partial charge in [-0.2, -0.15) is 0 Å². The highest BCUT2D eigenvalue weighted by Crippen LogP contribution is 2.32. The third kappa shape index (κ3) is 3.08. The minimum absolute atomic E-state index is 0.216. The summed E-state index contributed by atoms with van der Waals surface area (Å²) in [6.45, 7) is 1.43. The number of cyclic esters (lactones) is 1. The Morgan fingerprint density at radius 3 is 2.80 bits per heavy atom. The molecule has 2 aromatic rings. The zero-order chi connectivity index (χ0) is 17.2. The molecule has 0 radical (unpaired) electrons. The van der Waals surface area contributed by atoms with Gasteiger partial charge in [-0.3, -0.25) is 9.69 Å². The van der Waals surface area contributed by atoms with E-state index in [0.29, 0.717) is 42.4 Å². The van der Waals surface area contributed by atoms with E-state index in [4.69, 9.17) is 14.2 Å². The molecule has 7 heteroatoms. The third-order valence-electron chi connectivity index (χ3n) is 4.07. The number of ether oxygens (including phenoxy) is 3. The van der Waals surface area contributed by atoms with Crippen LogP contribution in [-0.2, 0) is 11.3 Å².